The third kappa shape index (κ3) is 3.97. The largest absolute Gasteiger partial charge is 0.402 e. The van der Waals surface area contributed by atoms with Crippen LogP contribution in [-0.4, -0.2) is 10.9 Å². The van der Waals surface area contributed by atoms with Gasteiger partial charge in [-0.3, -0.25) is 4.79 Å². The molecule has 0 spiro atoms. The highest BCUT2D eigenvalue weighted by atomic mass is 16.2. The summed E-state index contributed by atoms with van der Waals surface area (Å²) in [5, 5.41) is 4.92. The zero-order valence-corrected chi connectivity index (χ0v) is 14.7. The van der Waals surface area contributed by atoms with Crippen LogP contribution < -0.4 is 11.1 Å². The van der Waals surface area contributed by atoms with Crippen molar-refractivity contribution >= 4 is 28.1 Å². The van der Waals surface area contributed by atoms with Crippen LogP contribution in [-0.2, 0) is 4.79 Å². The summed E-state index contributed by atoms with van der Waals surface area (Å²) in [6.07, 6.45) is 7.58. The summed E-state index contributed by atoms with van der Waals surface area (Å²) < 4.78 is 0. The van der Waals surface area contributed by atoms with Gasteiger partial charge in [0.2, 0.25) is 5.91 Å². The summed E-state index contributed by atoms with van der Waals surface area (Å²) in [7, 11) is 0. The average molecular weight is 333 g/mol. The van der Waals surface area contributed by atoms with Crippen LogP contribution in [0.15, 0.2) is 60.5 Å². The van der Waals surface area contributed by atoms with Crippen molar-refractivity contribution in [2.45, 2.75) is 26.7 Å². The minimum absolute atomic E-state index is 0.0671. The Hall–Kier alpha value is -2.88. The topological polar surface area (TPSA) is 68.0 Å². The van der Waals surface area contributed by atoms with Crippen molar-refractivity contribution in [1.29, 1.82) is 0 Å². The van der Waals surface area contributed by atoms with Gasteiger partial charge in [-0.15, -0.1) is 0 Å². The Morgan fingerprint density at radius 1 is 1.28 bits per heavy atom. The fourth-order valence-corrected chi connectivity index (χ4v) is 2.66. The van der Waals surface area contributed by atoms with E-state index in [1.165, 1.54) is 0 Å². The van der Waals surface area contributed by atoms with Crippen LogP contribution in [0.25, 0.3) is 16.3 Å². The third-order valence-electron chi connectivity index (χ3n) is 4.35. The van der Waals surface area contributed by atoms with Crippen molar-refractivity contribution in [1.82, 2.24) is 4.98 Å². The lowest BCUT2D eigenvalue weighted by Crippen LogP contribution is -2.14. The molecule has 1 saturated carbocycles. The van der Waals surface area contributed by atoms with Crippen LogP contribution in [0.3, 0.4) is 0 Å². The zero-order valence-electron chi connectivity index (χ0n) is 14.7. The number of benzene rings is 1. The molecule has 0 bridgehead atoms. The number of hydrogen-bond acceptors (Lipinski definition) is 3. The number of hydrogen-bond donors (Lipinski definition) is 2. The molecule has 1 aromatic carbocycles. The van der Waals surface area contributed by atoms with Crippen molar-refractivity contribution in [3.63, 3.8) is 0 Å². The fraction of sp³-hybridized carbons (Fsp3) is 0.238. The molecule has 1 aliphatic carbocycles. The highest BCUT2D eigenvalue weighted by Gasteiger charge is 2.29. The Morgan fingerprint density at radius 2 is 2.04 bits per heavy atom. The van der Waals surface area contributed by atoms with Gasteiger partial charge in [0.15, 0.2) is 0 Å². The standard InChI is InChI=1S/C21H23N3O/c1-4-13(2)9-19(14(3)22)17-8-7-16-11-20(23-12-18(16)10-17)24-21(25)15-5-6-15/h4,7-12,15H,1,5-6,22H2,2-3H3,(H,23,24,25)/b13-9-,19-14+. The van der Waals surface area contributed by atoms with E-state index in [2.05, 4.69) is 22.9 Å². The Labute approximate surface area is 148 Å². The second-order valence-corrected chi connectivity index (χ2v) is 6.58. The summed E-state index contributed by atoms with van der Waals surface area (Å²) in [4.78, 5) is 16.2. The van der Waals surface area contributed by atoms with Gasteiger partial charge >= 0.3 is 0 Å². The van der Waals surface area contributed by atoms with Gasteiger partial charge in [0.05, 0.1) is 0 Å². The molecule has 1 aliphatic rings. The van der Waals surface area contributed by atoms with Crippen LogP contribution >= 0.6 is 0 Å². The maximum atomic E-state index is 11.9. The lowest BCUT2D eigenvalue weighted by atomic mass is 9.99. The summed E-state index contributed by atoms with van der Waals surface area (Å²) in [5.41, 5.74) is 9.88. The maximum absolute atomic E-state index is 11.9. The maximum Gasteiger partial charge on any atom is 0.228 e. The van der Waals surface area contributed by atoms with Gasteiger partial charge in [-0.2, -0.15) is 0 Å². The van der Waals surface area contributed by atoms with E-state index in [1.807, 2.05) is 38.1 Å². The molecule has 3 N–H and O–H groups in total. The molecular formula is C21H23N3O. The number of carbonyl (C=O) groups is 1. The molecule has 1 heterocycles. The number of anilines is 1. The smallest absolute Gasteiger partial charge is 0.228 e. The number of carbonyl (C=O) groups excluding carboxylic acids is 1. The molecule has 3 rings (SSSR count). The number of pyridine rings is 1. The first-order chi connectivity index (χ1) is 12.0. The van der Waals surface area contributed by atoms with Crippen molar-refractivity contribution in [2.75, 3.05) is 5.32 Å². The molecule has 0 radical (unpaired) electrons. The van der Waals surface area contributed by atoms with Crippen LogP contribution in [0, 0.1) is 5.92 Å². The predicted octanol–water partition coefficient (Wildman–Crippen LogP) is 4.41. The number of fused-ring (bicyclic) bond motifs is 1. The Balaban J connectivity index is 1.93. The number of nitrogens with one attached hydrogen (secondary N) is 1. The SMILES string of the molecule is C=C/C(C)=C\C(=C(\C)N)c1ccc2cc(NC(=O)C3CC3)ncc2c1. The van der Waals surface area contributed by atoms with Gasteiger partial charge in [-0.05, 0) is 55.8 Å². The molecule has 4 nitrogen and oxygen atoms in total. The number of allylic oxidation sites excluding steroid dienone is 5. The predicted molar refractivity (Wildman–Crippen MR) is 104 cm³/mol. The molecule has 0 saturated heterocycles. The van der Waals surface area contributed by atoms with Gasteiger partial charge in [0, 0.05) is 28.8 Å². The first-order valence-corrected chi connectivity index (χ1v) is 8.46. The van der Waals surface area contributed by atoms with Gasteiger partial charge in [0.1, 0.15) is 5.82 Å². The highest BCUT2D eigenvalue weighted by molar-refractivity contribution is 5.96. The van der Waals surface area contributed by atoms with Crippen molar-refractivity contribution < 1.29 is 4.79 Å². The van der Waals surface area contributed by atoms with E-state index in [-0.39, 0.29) is 11.8 Å². The monoisotopic (exact) mass is 333 g/mol. The molecule has 0 unspecified atom stereocenters. The molecule has 2 aromatic rings. The van der Waals surface area contributed by atoms with Crippen LogP contribution in [0.2, 0.25) is 0 Å². The second kappa shape index (κ2) is 6.93. The third-order valence-corrected chi connectivity index (χ3v) is 4.35. The second-order valence-electron chi connectivity index (χ2n) is 6.58. The number of amides is 1. The number of aromatic nitrogens is 1. The summed E-state index contributed by atoms with van der Waals surface area (Å²) in [6, 6.07) is 8.03. The highest BCUT2D eigenvalue weighted by Crippen LogP contribution is 2.30. The van der Waals surface area contributed by atoms with Crippen molar-refractivity contribution in [3.05, 3.63) is 66.0 Å². The summed E-state index contributed by atoms with van der Waals surface area (Å²) in [5.74, 6) is 0.836. The molecule has 4 heteroatoms. The number of rotatable bonds is 5. The molecule has 0 atom stereocenters. The molecule has 1 amide bonds. The van der Waals surface area contributed by atoms with Crippen LogP contribution in [0.5, 0.6) is 0 Å². The molecule has 25 heavy (non-hydrogen) atoms. The van der Waals surface area contributed by atoms with E-state index in [0.717, 1.165) is 46.0 Å². The van der Waals surface area contributed by atoms with Gasteiger partial charge in [-0.25, -0.2) is 4.98 Å². The van der Waals surface area contributed by atoms with Gasteiger partial charge in [0.25, 0.3) is 0 Å². The van der Waals surface area contributed by atoms with E-state index in [9.17, 15) is 4.79 Å². The Bertz CT molecular complexity index is 900. The van der Waals surface area contributed by atoms with E-state index in [4.69, 9.17) is 5.73 Å². The van der Waals surface area contributed by atoms with E-state index in [0.29, 0.717) is 5.82 Å². The summed E-state index contributed by atoms with van der Waals surface area (Å²) in [6.45, 7) is 7.67. The lowest BCUT2D eigenvalue weighted by Gasteiger charge is -2.09. The summed E-state index contributed by atoms with van der Waals surface area (Å²) >= 11 is 0. The number of nitrogens with zero attached hydrogens (tertiary/aromatic N) is 1. The minimum Gasteiger partial charge on any atom is -0.402 e. The Kier molecular flexibility index (Phi) is 4.70. The zero-order chi connectivity index (χ0) is 18.0. The minimum atomic E-state index is 0.0671. The quantitative estimate of drug-likeness (QED) is 0.797. The lowest BCUT2D eigenvalue weighted by molar-refractivity contribution is -0.117. The van der Waals surface area contributed by atoms with Crippen LogP contribution in [0.1, 0.15) is 32.3 Å². The van der Waals surface area contributed by atoms with Crippen LogP contribution in [0.4, 0.5) is 5.82 Å². The van der Waals surface area contributed by atoms with Crippen molar-refractivity contribution in [2.24, 2.45) is 11.7 Å². The molecule has 0 aliphatic heterocycles. The average Bonchev–Trinajstić information content (AvgIpc) is 3.43. The molecular weight excluding hydrogens is 310 g/mol. The normalized spacial score (nSPS) is 15.7. The first kappa shape index (κ1) is 17.0. The van der Waals surface area contributed by atoms with E-state index < -0.39 is 0 Å². The molecule has 1 aromatic heterocycles. The molecule has 128 valence electrons. The van der Waals surface area contributed by atoms with E-state index in [1.54, 1.807) is 12.3 Å². The molecule has 1 fully saturated rings. The Morgan fingerprint density at radius 3 is 2.68 bits per heavy atom. The van der Waals surface area contributed by atoms with Crippen molar-refractivity contribution in [3.8, 4) is 0 Å². The van der Waals surface area contributed by atoms with E-state index >= 15 is 0 Å². The fourth-order valence-electron chi connectivity index (χ4n) is 2.66. The van der Waals surface area contributed by atoms with Gasteiger partial charge in [-0.1, -0.05) is 30.4 Å². The number of nitrogens with two attached hydrogens (primary N) is 1. The first-order valence-electron chi connectivity index (χ1n) is 8.46. The van der Waals surface area contributed by atoms with Gasteiger partial charge < -0.3 is 11.1 Å².